The van der Waals surface area contributed by atoms with Crippen LogP contribution in [0.4, 0.5) is 14.5 Å². The number of anilines is 1. The molecule has 2 aromatic carbocycles. The molecular weight excluding hydrogens is 334 g/mol. The lowest BCUT2D eigenvalue weighted by molar-refractivity contribution is -0.00549. The van der Waals surface area contributed by atoms with E-state index in [0.29, 0.717) is 6.61 Å². The zero-order chi connectivity index (χ0) is 18.1. The van der Waals surface area contributed by atoms with Crippen LogP contribution in [0, 0.1) is 17.6 Å². The molecule has 138 valence electrons. The topological polar surface area (TPSA) is 24.5 Å². The predicted molar refractivity (Wildman–Crippen MR) is 98.4 cm³/mol. The van der Waals surface area contributed by atoms with E-state index in [2.05, 4.69) is 17.1 Å². The minimum atomic E-state index is -0.215. The molecule has 4 rings (SSSR count). The molecule has 0 radical (unpaired) electrons. The molecule has 3 nitrogen and oxygen atoms in total. The summed E-state index contributed by atoms with van der Waals surface area (Å²) in [4.78, 5) is 2.28. The van der Waals surface area contributed by atoms with E-state index in [1.807, 2.05) is 18.2 Å². The molecule has 3 unspecified atom stereocenters. The van der Waals surface area contributed by atoms with Gasteiger partial charge in [-0.25, -0.2) is 8.78 Å². The number of benzene rings is 2. The Morgan fingerprint density at radius 1 is 1.12 bits per heavy atom. The van der Waals surface area contributed by atoms with Gasteiger partial charge in [0.25, 0.3) is 0 Å². The number of fused-ring (bicyclic) bond motifs is 1. The average Bonchev–Trinajstić information content (AvgIpc) is 2.67. The molecule has 0 saturated carbocycles. The predicted octanol–water partition coefficient (Wildman–Crippen LogP) is 3.69. The lowest BCUT2D eigenvalue weighted by Crippen LogP contribution is -2.54. The Labute approximate surface area is 153 Å². The summed E-state index contributed by atoms with van der Waals surface area (Å²) in [5.41, 5.74) is 3.20. The summed E-state index contributed by atoms with van der Waals surface area (Å²) in [5, 5.41) is 3.60. The number of hydrogen-bond donors (Lipinski definition) is 1. The Hall–Kier alpha value is -1.98. The number of nitrogens with one attached hydrogen (secondary N) is 1. The van der Waals surface area contributed by atoms with Crippen LogP contribution in [0.3, 0.4) is 0 Å². The Morgan fingerprint density at radius 3 is 2.69 bits per heavy atom. The zero-order valence-corrected chi connectivity index (χ0v) is 14.9. The third-order valence-electron chi connectivity index (χ3n) is 5.59. The van der Waals surface area contributed by atoms with Gasteiger partial charge in [0.2, 0.25) is 0 Å². The van der Waals surface area contributed by atoms with Gasteiger partial charge in [-0.2, -0.15) is 0 Å². The lowest BCUT2D eigenvalue weighted by atomic mass is 9.85. The molecule has 1 fully saturated rings. The van der Waals surface area contributed by atoms with E-state index in [0.717, 1.165) is 42.9 Å². The number of piperazine rings is 1. The van der Waals surface area contributed by atoms with Crippen LogP contribution in [-0.4, -0.2) is 32.3 Å². The van der Waals surface area contributed by atoms with Crippen LogP contribution >= 0.6 is 0 Å². The van der Waals surface area contributed by atoms with Gasteiger partial charge in [-0.05, 0) is 53.9 Å². The van der Waals surface area contributed by atoms with Gasteiger partial charge in [-0.1, -0.05) is 13.0 Å². The number of rotatable bonds is 3. The van der Waals surface area contributed by atoms with Crippen molar-refractivity contribution >= 4 is 5.69 Å². The summed E-state index contributed by atoms with van der Waals surface area (Å²) >= 11 is 0. The maximum atomic E-state index is 13.6. The van der Waals surface area contributed by atoms with Crippen LogP contribution < -0.4 is 10.2 Å². The first kappa shape index (κ1) is 17.4. The monoisotopic (exact) mass is 358 g/mol. The van der Waals surface area contributed by atoms with Crippen LogP contribution in [0.2, 0.25) is 0 Å². The van der Waals surface area contributed by atoms with Crippen molar-refractivity contribution in [1.29, 1.82) is 0 Å². The Morgan fingerprint density at radius 2 is 1.88 bits per heavy atom. The van der Waals surface area contributed by atoms with Crippen molar-refractivity contribution in [3.05, 3.63) is 65.2 Å². The minimum absolute atomic E-state index is 0.0370. The smallest absolute Gasteiger partial charge is 0.123 e. The highest BCUT2D eigenvalue weighted by molar-refractivity contribution is 5.47. The quantitative estimate of drug-likeness (QED) is 0.906. The van der Waals surface area contributed by atoms with Crippen molar-refractivity contribution in [3.8, 4) is 0 Å². The van der Waals surface area contributed by atoms with Gasteiger partial charge in [0.05, 0.1) is 12.7 Å². The van der Waals surface area contributed by atoms with Gasteiger partial charge in [-0.15, -0.1) is 0 Å². The molecule has 0 amide bonds. The van der Waals surface area contributed by atoms with E-state index in [4.69, 9.17) is 4.74 Å². The van der Waals surface area contributed by atoms with Crippen molar-refractivity contribution in [2.45, 2.75) is 25.5 Å². The summed E-state index contributed by atoms with van der Waals surface area (Å²) in [6.45, 7) is 5.41. The normalized spacial score (nSPS) is 24.2. The van der Waals surface area contributed by atoms with Crippen LogP contribution in [0.15, 0.2) is 42.5 Å². The SMILES string of the molecule is CC(C1CN(c2ccc(F)cc2)CCN1)C1OCCc2cc(F)ccc21. The number of ether oxygens (including phenoxy) is 1. The lowest BCUT2D eigenvalue weighted by Gasteiger charge is -2.41. The van der Waals surface area contributed by atoms with E-state index < -0.39 is 0 Å². The van der Waals surface area contributed by atoms with Crippen LogP contribution in [0.25, 0.3) is 0 Å². The summed E-state index contributed by atoms with van der Waals surface area (Å²) < 4.78 is 32.8. The van der Waals surface area contributed by atoms with E-state index >= 15 is 0 Å². The summed E-state index contributed by atoms with van der Waals surface area (Å²) in [5.74, 6) is -0.161. The van der Waals surface area contributed by atoms with E-state index in [1.165, 1.54) is 18.2 Å². The molecule has 0 aromatic heterocycles. The van der Waals surface area contributed by atoms with Crippen molar-refractivity contribution in [3.63, 3.8) is 0 Å². The molecule has 2 aliphatic heterocycles. The molecule has 2 heterocycles. The van der Waals surface area contributed by atoms with E-state index in [9.17, 15) is 8.78 Å². The highest BCUT2D eigenvalue weighted by atomic mass is 19.1. The third-order valence-corrected chi connectivity index (χ3v) is 5.59. The van der Waals surface area contributed by atoms with Crippen molar-refractivity contribution in [1.82, 2.24) is 5.32 Å². The molecule has 1 N–H and O–H groups in total. The first-order valence-corrected chi connectivity index (χ1v) is 9.25. The second kappa shape index (κ2) is 7.33. The fourth-order valence-electron chi connectivity index (χ4n) is 4.12. The molecule has 26 heavy (non-hydrogen) atoms. The average molecular weight is 358 g/mol. The Kier molecular flexibility index (Phi) is 4.92. The third kappa shape index (κ3) is 3.46. The summed E-state index contributed by atoms with van der Waals surface area (Å²) in [6, 6.07) is 11.9. The second-order valence-corrected chi connectivity index (χ2v) is 7.23. The highest BCUT2D eigenvalue weighted by Gasteiger charge is 2.33. The molecule has 0 aliphatic carbocycles. The fourth-order valence-corrected chi connectivity index (χ4v) is 4.12. The van der Waals surface area contributed by atoms with Gasteiger partial charge in [0, 0.05) is 37.3 Å². The minimum Gasteiger partial charge on any atom is -0.373 e. The second-order valence-electron chi connectivity index (χ2n) is 7.23. The van der Waals surface area contributed by atoms with Crippen molar-refractivity contribution < 1.29 is 13.5 Å². The van der Waals surface area contributed by atoms with Gasteiger partial charge in [0.15, 0.2) is 0 Å². The summed E-state index contributed by atoms with van der Waals surface area (Å²) in [6.07, 6.45) is 0.723. The summed E-state index contributed by atoms with van der Waals surface area (Å²) in [7, 11) is 0. The number of halogens is 2. The fraction of sp³-hybridized carbons (Fsp3) is 0.429. The standard InChI is InChI=1S/C21H24F2N2O/c1-14(21-19-7-4-17(23)12-15(19)8-11-26-21)20-13-25(10-9-24-20)18-5-2-16(22)3-6-18/h2-7,12,14,20-21,24H,8-11,13H2,1H3. The molecule has 0 spiro atoms. The van der Waals surface area contributed by atoms with E-state index in [1.54, 1.807) is 6.07 Å². The molecule has 5 heteroatoms. The molecule has 2 aliphatic rings. The van der Waals surface area contributed by atoms with Crippen LogP contribution in [0.5, 0.6) is 0 Å². The number of nitrogens with zero attached hydrogens (tertiary/aromatic N) is 1. The van der Waals surface area contributed by atoms with Crippen molar-refractivity contribution in [2.24, 2.45) is 5.92 Å². The van der Waals surface area contributed by atoms with Gasteiger partial charge in [-0.3, -0.25) is 0 Å². The van der Waals surface area contributed by atoms with Crippen LogP contribution in [0.1, 0.15) is 24.2 Å². The molecular formula is C21H24F2N2O. The zero-order valence-electron chi connectivity index (χ0n) is 14.9. The molecule has 2 aromatic rings. The Balaban J connectivity index is 1.51. The number of hydrogen-bond acceptors (Lipinski definition) is 3. The van der Waals surface area contributed by atoms with E-state index in [-0.39, 0.29) is 29.7 Å². The maximum absolute atomic E-state index is 13.6. The first-order chi connectivity index (χ1) is 12.6. The maximum Gasteiger partial charge on any atom is 0.123 e. The van der Waals surface area contributed by atoms with Crippen LogP contribution in [-0.2, 0) is 11.2 Å². The van der Waals surface area contributed by atoms with Gasteiger partial charge in [0.1, 0.15) is 11.6 Å². The van der Waals surface area contributed by atoms with Gasteiger partial charge < -0.3 is 15.0 Å². The molecule has 1 saturated heterocycles. The molecule has 3 atom stereocenters. The van der Waals surface area contributed by atoms with Gasteiger partial charge >= 0.3 is 0 Å². The Bertz CT molecular complexity index is 765. The largest absolute Gasteiger partial charge is 0.373 e. The first-order valence-electron chi connectivity index (χ1n) is 9.25. The van der Waals surface area contributed by atoms with Crippen molar-refractivity contribution in [2.75, 3.05) is 31.1 Å². The molecule has 0 bridgehead atoms. The highest BCUT2D eigenvalue weighted by Crippen LogP contribution is 2.35.